The number of pyridine rings is 1. The SMILES string of the molecule is CN(C)Cc1csc(CNC(=O)c2cc(=O)[nH]c3cc(F)ccc23)n1. The minimum absolute atomic E-state index is 0.212. The first-order valence-electron chi connectivity index (χ1n) is 7.61. The van der Waals surface area contributed by atoms with Gasteiger partial charge in [0.1, 0.15) is 10.8 Å². The Morgan fingerprint density at radius 2 is 2.16 bits per heavy atom. The lowest BCUT2D eigenvalue weighted by molar-refractivity contribution is 0.0952. The fourth-order valence-electron chi connectivity index (χ4n) is 2.50. The lowest BCUT2D eigenvalue weighted by Crippen LogP contribution is -2.25. The molecular weight excluding hydrogens is 343 g/mol. The molecule has 0 bridgehead atoms. The zero-order valence-electron chi connectivity index (χ0n) is 13.8. The Hall–Kier alpha value is -2.58. The highest BCUT2D eigenvalue weighted by atomic mass is 32.1. The predicted octanol–water partition coefficient (Wildman–Crippen LogP) is 2.12. The first kappa shape index (κ1) is 17.2. The van der Waals surface area contributed by atoms with Crippen LogP contribution in [0.5, 0.6) is 0 Å². The van der Waals surface area contributed by atoms with E-state index in [0.717, 1.165) is 17.2 Å². The van der Waals surface area contributed by atoms with Crippen molar-refractivity contribution in [1.82, 2.24) is 20.2 Å². The van der Waals surface area contributed by atoms with E-state index in [1.165, 1.54) is 35.6 Å². The van der Waals surface area contributed by atoms with Gasteiger partial charge in [-0.1, -0.05) is 0 Å². The van der Waals surface area contributed by atoms with Crippen LogP contribution in [0, 0.1) is 5.82 Å². The number of hydrogen-bond donors (Lipinski definition) is 2. The van der Waals surface area contributed by atoms with Gasteiger partial charge in [-0.25, -0.2) is 9.37 Å². The summed E-state index contributed by atoms with van der Waals surface area (Å²) in [4.78, 5) is 33.2. The summed E-state index contributed by atoms with van der Waals surface area (Å²) in [5.74, 6) is -0.871. The number of hydrogen-bond acceptors (Lipinski definition) is 5. The second kappa shape index (κ2) is 7.12. The van der Waals surface area contributed by atoms with Gasteiger partial charge in [-0.15, -0.1) is 11.3 Å². The molecule has 0 aliphatic heterocycles. The van der Waals surface area contributed by atoms with Crippen molar-refractivity contribution < 1.29 is 9.18 Å². The van der Waals surface area contributed by atoms with E-state index < -0.39 is 17.3 Å². The Morgan fingerprint density at radius 1 is 1.36 bits per heavy atom. The first-order valence-corrected chi connectivity index (χ1v) is 8.49. The molecule has 0 saturated heterocycles. The summed E-state index contributed by atoms with van der Waals surface area (Å²) in [5, 5.41) is 5.99. The molecule has 2 N–H and O–H groups in total. The predicted molar refractivity (Wildman–Crippen MR) is 95.2 cm³/mol. The van der Waals surface area contributed by atoms with Crippen molar-refractivity contribution in [2.45, 2.75) is 13.1 Å². The van der Waals surface area contributed by atoms with Crippen molar-refractivity contribution in [2.24, 2.45) is 0 Å². The van der Waals surface area contributed by atoms with Gasteiger partial charge in [-0.3, -0.25) is 9.59 Å². The normalized spacial score (nSPS) is 11.2. The number of carbonyl (C=O) groups is 1. The van der Waals surface area contributed by atoms with Crippen molar-refractivity contribution in [2.75, 3.05) is 14.1 Å². The van der Waals surface area contributed by atoms with E-state index in [2.05, 4.69) is 15.3 Å². The van der Waals surface area contributed by atoms with E-state index in [4.69, 9.17) is 0 Å². The Labute approximate surface area is 147 Å². The highest BCUT2D eigenvalue weighted by molar-refractivity contribution is 7.09. The quantitative estimate of drug-likeness (QED) is 0.731. The molecule has 3 rings (SSSR count). The molecule has 3 aromatic rings. The molecule has 2 heterocycles. The lowest BCUT2D eigenvalue weighted by atomic mass is 10.1. The van der Waals surface area contributed by atoms with Crippen LogP contribution in [0.2, 0.25) is 0 Å². The van der Waals surface area contributed by atoms with E-state index in [9.17, 15) is 14.0 Å². The van der Waals surface area contributed by atoms with Gasteiger partial charge in [0.15, 0.2) is 0 Å². The minimum Gasteiger partial charge on any atom is -0.346 e. The van der Waals surface area contributed by atoms with E-state index >= 15 is 0 Å². The molecule has 1 aromatic carbocycles. The minimum atomic E-state index is -0.475. The summed E-state index contributed by atoms with van der Waals surface area (Å²) in [6.45, 7) is 1.00. The van der Waals surface area contributed by atoms with Crippen molar-refractivity contribution in [3.63, 3.8) is 0 Å². The van der Waals surface area contributed by atoms with Crippen LogP contribution in [-0.2, 0) is 13.1 Å². The third-order valence-electron chi connectivity index (χ3n) is 3.53. The van der Waals surface area contributed by atoms with Gasteiger partial charge in [0, 0.05) is 23.4 Å². The number of aromatic nitrogens is 2. The second-order valence-electron chi connectivity index (χ2n) is 5.89. The fourth-order valence-corrected chi connectivity index (χ4v) is 3.22. The second-order valence-corrected chi connectivity index (χ2v) is 6.83. The molecule has 0 radical (unpaired) electrons. The van der Waals surface area contributed by atoms with Gasteiger partial charge >= 0.3 is 0 Å². The van der Waals surface area contributed by atoms with E-state index in [0.29, 0.717) is 10.9 Å². The monoisotopic (exact) mass is 360 g/mol. The molecule has 2 aromatic heterocycles. The molecule has 0 fully saturated rings. The van der Waals surface area contributed by atoms with Crippen LogP contribution >= 0.6 is 11.3 Å². The van der Waals surface area contributed by atoms with E-state index in [1.807, 2.05) is 24.4 Å². The molecule has 130 valence electrons. The van der Waals surface area contributed by atoms with Gasteiger partial charge in [0.2, 0.25) is 5.56 Å². The molecule has 1 amide bonds. The number of benzene rings is 1. The van der Waals surface area contributed by atoms with Gasteiger partial charge in [0.05, 0.1) is 23.3 Å². The van der Waals surface area contributed by atoms with E-state index in [-0.39, 0.29) is 12.1 Å². The van der Waals surface area contributed by atoms with Gasteiger partial charge in [-0.05, 0) is 32.3 Å². The van der Waals surface area contributed by atoms with Crippen molar-refractivity contribution in [3.8, 4) is 0 Å². The molecule has 0 spiro atoms. The molecule has 0 saturated carbocycles. The van der Waals surface area contributed by atoms with Crippen LogP contribution in [0.1, 0.15) is 21.1 Å². The number of nitrogens with zero attached hydrogens (tertiary/aromatic N) is 2. The fraction of sp³-hybridized carbons (Fsp3) is 0.235. The number of fused-ring (bicyclic) bond motifs is 1. The van der Waals surface area contributed by atoms with Gasteiger partial charge < -0.3 is 15.2 Å². The van der Waals surface area contributed by atoms with Crippen LogP contribution in [-0.4, -0.2) is 34.9 Å². The smallest absolute Gasteiger partial charge is 0.252 e. The Balaban J connectivity index is 1.78. The number of carbonyl (C=O) groups excluding carboxylic acids is 1. The summed E-state index contributed by atoms with van der Waals surface area (Å²) < 4.78 is 13.3. The highest BCUT2D eigenvalue weighted by Gasteiger charge is 2.13. The molecular formula is C17H17FN4O2S. The zero-order chi connectivity index (χ0) is 18.0. The standard InChI is InChI=1S/C17H17FN4O2S/c1-22(2)8-11-9-25-16(20-11)7-19-17(24)13-6-15(23)21-14-5-10(18)3-4-12(13)14/h3-6,9H,7-8H2,1-2H3,(H,19,24)(H,21,23). The summed E-state index contributed by atoms with van der Waals surface area (Å²) >= 11 is 1.47. The average Bonchev–Trinajstić information content (AvgIpc) is 2.98. The Bertz CT molecular complexity index is 980. The topological polar surface area (TPSA) is 78.1 Å². The van der Waals surface area contributed by atoms with Crippen LogP contribution in [0.4, 0.5) is 4.39 Å². The zero-order valence-corrected chi connectivity index (χ0v) is 14.6. The van der Waals surface area contributed by atoms with Gasteiger partial charge in [-0.2, -0.15) is 0 Å². The number of nitrogens with one attached hydrogen (secondary N) is 2. The molecule has 0 aliphatic carbocycles. The third kappa shape index (κ3) is 4.09. The lowest BCUT2D eigenvalue weighted by Gasteiger charge is -2.07. The Kier molecular flexibility index (Phi) is 4.91. The van der Waals surface area contributed by atoms with Gasteiger partial charge in [0.25, 0.3) is 5.91 Å². The summed E-state index contributed by atoms with van der Waals surface area (Å²) in [6.07, 6.45) is 0. The molecule has 25 heavy (non-hydrogen) atoms. The van der Waals surface area contributed by atoms with Crippen molar-refractivity contribution >= 4 is 28.1 Å². The average molecular weight is 360 g/mol. The molecule has 0 atom stereocenters. The van der Waals surface area contributed by atoms with Crippen molar-refractivity contribution in [3.05, 3.63) is 62.1 Å². The van der Waals surface area contributed by atoms with Crippen molar-refractivity contribution in [1.29, 1.82) is 0 Å². The number of H-pyrrole nitrogens is 1. The van der Waals surface area contributed by atoms with Crippen LogP contribution in [0.15, 0.2) is 34.4 Å². The maximum absolute atomic E-state index is 13.3. The van der Waals surface area contributed by atoms with Crippen LogP contribution in [0.3, 0.4) is 0 Å². The maximum atomic E-state index is 13.3. The van der Waals surface area contributed by atoms with E-state index in [1.54, 1.807) is 0 Å². The number of rotatable bonds is 5. The highest BCUT2D eigenvalue weighted by Crippen LogP contribution is 2.17. The first-order chi connectivity index (χ1) is 11.9. The number of aromatic amines is 1. The summed E-state index contributed by atoms with van der Waals surface area (Å²) in [7, 11) is 3.92. The molecule has 6 nitrogen and oxygen atoms in total. The third-order valence-corrected chi connectivity index (χ3v) is 4.43. The summed E-state index contributed by atoms with van der Waals surface area (Å²) in [6, 6.07) is 5.15. The number of amides is 1. The number of halogens is 1. The van der Waals surface area contributed by atoms with Crippen LogP contribution in [0.25, 0.3) is 10.9 Å². The molecule has 0 aliphatic rings. The largest absolute Gasteiger partial charge is 0.346 e. The Morgan fingerprint density at radius 3 is 2.92 bits per heavy atom. The maximum Gasteiger partial charge on any atom is 0.252 e. The summed E-state index contributed by atoms with van der Waals surface area (Å²) in [5.41, 5.74) is 0.992. The molecule has 8 heteroatoms. The van der Waals surface area contributed by atoms with Crippen LogP contribution < -0.4 is 10.9 Å². The number of thiazole rings is 1. The molecule has 0 unspecified atom stereocenters.